The number of rotatable bonds is 3. The van der Waals surface area contributed by atoms with Crippen molar-refractivity contribution in [2.24, 2.45) is 0 Å². The third-order valence-electron chi connectivity index (χ3n) is 9.20. The summed E-state index contributed by atoms with van der Waals surface area (Å²) in [4.78, 5) is 9.26. The van der Waals surface area contributed by atoms with Crippen LogP contribution in [0.25, 0.3) is 55.5 Å². The van der Waals surface area contributed by atoms with Crippen LogP contribution in [0.2, 0.25) is 0 Å². The van der Waals surface area contributed by atoms with Crippen LogP contribution in [-0.2, 0) is 30.9 Å². The van der Waals surface area contributed by atoms with Gasteiger partial charge in [0.1, 0.15) is 0 Å². The Balaban J connectivity index is 0.000000165. The predicted molar refractivity (Wildman–Crippen MR) is 196 cm³/mol. The third-order valence-corrected chi connectivity index (χ3v) is 9.20. The summed E-state index contributed by atoms with van der Waals surface area (Å²) in [5, 5.41) is 2.58. The molecule has 0 atom stereocenters. The zero-order valence-electron chi connectivity index (χ0n) is 28.0. The third kappa shape index (κ3) is 6.41. The van der Waals surface area contributed by atoms with Crippen LogP contribution < -0.4 is 0 Å². The van der Waals surface area contributed by atoms with Gasteiger partial charge in [0.2, 0.25) is 0 Å². The van der Waals surface area contributed by atoms with E-state index in [-0.39, 0.29) is 30.9 Å². The summed E-state index contributed by atoms with van der Waals surface area (Å²) in [6, 6.07) is 51.1. The Bertz CT molecular complexity index is 2200. The Kier molecular flexibility index (Phi) is 9.30. The van der Waals surface area contributed by atoms with E-state index in [0.29, 0.717) is 0 Å². The maximum Gasteiger partial charge on any atom is 0.0167 e. The van der Waals surface area contributed by atoms with E-state index in [1.165, 1.54) is 49.7 Å². The molecule has 0 unspecified atom stereocenters. The monoisotopic (exact) mass is 799 g/mol. The van der Waals surface area contributed by atoms with Crippen LogP contribution in [0.4, 0.5) is 0 Å². The molecule has 0 aliphatic heterocycles. The molecule has 3 heteroatoms. The Morgan fingerprint density at radius 2 is 1.27 bits per heavy atom. The Labute approximate surface area is 298 Å². The van der Waals surface area contributed by atoms with Crippen LogP contribution in [0.15, 0.2) is 140 Å². The van der Waals surface area contributed by atoms with Gasteiger partial charge in [-0.05, 0) is 85.2 Å². The largest absolute Gasteiger partial charge is 0.305 e. The molecule has 2 nitrogen and oxygen atoms in total. The second-order valence-corrected chi connectivity index (χ2v) is 13.8. The number of hydrogen-bond acceptors (Lipinski definition) is 2. The van der Waals surface area contributed by atoms with E-state index < -0.39 is 0 Å². The number of pyridine rings is 2. The molecule has 5 aromatic carbocycles. The van der Waals surface area contributed by atoms with Gasteiger partial charge in [-0.3, -0.25) is 0 Å². The van der Waals surface area contributed by atoms with E-state index in [1.54, 1.807) is 0 Å². The molecule has 8 rings (SSSR count). The summed E-state index contributed by atoms with van der Waals surface area (Å²) in [6.45, 7) is 11.3. The molecule has 2 heterocycles. The summed E-state index contributed by atoms with van der Waals surface area (Å²) >= 11 is 0. The molecule has 239 valence electrons. The standard InChI is InChI=1S/C24H18N.C21H20N.Ir/c1-24(2)21-15-18-11-7-6-10-17(18)14-20(21)19-12-13-25-23(22(19)24)16-8-4-3-5-9-16;1-21(2,3)19-12-13-22-20(15-19)18-11-7-10-17(14-18)16-8-5-4-6-9-16;/h3-8,10-15H,1-2H3;4-10,12-15H,1-3H3;/q2*-1;. The molecule has 0 bridgehead atoms. The van der Waals surface area contributed by atoms with Crippen molar-refractivity contribution in [3.63, 3.8) is 0 Å². The van der Waals surface area contributed by atoms with Gasteiger partial charge in [-0.25, -0.2) is 0 Å². The smallest absolute Gasteiger partial charge is 0.0167 e. The minimum Gasteiger partial charge on any atom is -0.305 e. The van der Waals surface area contributed by atoms with Crippen LogP contribution in [0, 0.1) is 12.1 Å². The average molecular weight is 799 g/mol. The minimum atomic E-state index is -0.0814. The van der Waals surface area contributed by atoms with E-state index >= 15 is 0 Å². The molecule has 0 fully saturated rings. The van der Waals surface area contributed by atoms with Crippen molar-refractivity contribution in [2.75, 3.05) is 0 Å². The molecule has 48 heavy (non-hydrogen) atoms. The molecule has 1 aliphatic carbocycles. The first kappa shape index (κ1) is 33.2. The number of aromatic nitrogens is 2. The van der Waals surface area contributed by atoms with Gasteiger partial charge in [-0.15, -0.1) is 71.3 Å². The Morgan fingerprint density at radius 3 is 2.00 bits per heavy atom. The van der Waals surface area contributed by atoms with Gasteiger partial charge in [0.25, 0.3) is 0 Å². The molecule has 7 aromatic rings. The van der Waals surface area contributed by atoms with Gasteiger partial charge in [0, 0.05) is 37.9 Å². The normalized spacial score (nSPS) is 12.7. The quantitative estimate of drug-likeness (QED) is 0.166. The molecular formula is C45H38IrN2-2. The fraction of sp³-hybridized carbons (Fsp3) is 0.156. The van der Waals surface area contributed by atoms with E-state index in [0.717, 1.165) is 22.5 Å². The first-order valence-electron chi connectivity index (χ1n) is 16.2. The number of benzene rings is 5. The summed E-state index contributed by atoms with van der Waals surface area (Å²) in [5.74, 6) is 0. The summed E-state index contributed by atoms with van der Waals surface area (Å²) in [6.07, 6.45) is 3.81. The van der Waals surface area contributed by atoms with E-state index in [4.69, 9.17) is 4.98 Å². The van der Waals surface area contributed by atoms with Crippen molar-refractivity contribution in [1.29, 1.82) is 0 Å². The zero-order valence-corrected chi connectivity index (χ0v) is 30.4. The Morgan fingerprint density at radius 1 is 0.583 bits per heavy atom. The van der Waals surface area contributed by atoms with Crippen molar-refractivity contribution in [2.45, 2.75) is 45.4 Å². The molecule has 0 saturated heterocycles. The average Bonchev–Trinajstić information content (AvgIpc) is 3.33. The molecule has 0 spiro atoms. The summed E-state index contributed by atoms with van der Waals surface area (Å²) in [5.41, 5.74) is 13.2. The fourth-order valence-corrected chi connectivity index (χ4v) is 6.65. The fourth-order valence-electron chi connectivity index (χ4n) is 6.65. The molecule has 1 aliphatic rings. The van der Waals surface area contributed by atoms with Crippen LogP contribution in [0.1, 0.15) is 51.3 Å². The number of nitrogens with zero attached hydrogens (tertiary/aromatic N) is 2. The Hall–Kier alpha value is -4.69. The van der Waals surface area contributed by atoms with Crippen LogP contribution in [-0.4, -0.2) is 9.97 Å². The van der Waals surface area contributed by atoms with Gasteiger partial charge >= 0.3 is 0 Å². The summed E-state index contributed by atoms with van der Waals surface area (Å²) in [7, 11) is 0. The van der Waals surface area contributed by atoms with Gasteiger partial charge in [-0.2, -0.15) is 0 Å². The van der Waals surface area contributed by atoms with Crippen LogP contribution in [0.5, 0.6) is 0 Å². The maximum absolute atomic E-state index is 4.74. The molecule has 1 radical (unpaired) electrons. The second kappa shape index (κ2) is 13.4. The second-order valence-electron chi connectivity index (χ2n) is 13.8. The van der Waals surface area contributed by atoms with Gasteiger partial charge < -0.3 is 9.97 Å². The van der Waals surface area contributed by atoms with Gasteiger partial charge in [-0.1, -0.05) is 95.3 Å². The van der Waals surface area contributed by atoms with E-state index in [9.17, 15) is 0 Å². The minimum absolute atomic E-state index is 0. The van der Waals surface area contributed by atoms with E-state index in [2.05, 4.69) is 155 Å². The van der Waals surface area contributed by atoms with Crippen LogP contribution in [0.3, 0.4) is 0 Å². The molecular weight excluding hydrogens is 761 g/mol. The van der Waals surface area contributed by atoms with E-state index in [1.807, 2.05) is 36.7 Å². The number of fused-ring (bicyclic) bond motifs is 4. The van der Waals surface area contributed by atoms with Gasteiger partial charge in [0.15, 0.2) is 0 Å². The molecule has 0 saturated carbocycles. The molecule has 2 aromatic heterocycles. The molecule has 0 N–H and O–H groups in total. The maximum atomic E-state index is 4.74. The SMILES string of the molecule is CC(C)(C)c1ccnc(-c2[c-]ccc(-c3ccccc3)c2)c1.CC1(C)c2cc3ccccc3cc2-c2ccnc(-c3[c-]cccc3)c21.[Ir]. The van der Waals surface area contributed by atoms with Crippen molar-refractivity contribution >= 4 is 10.8 Å². The molecule has 0 amide bonds. The topological polar surface area (TPSA) is 25.8 Å². The predicted octanol–water partition coefficient (Wildman–Crippen LogP) is 11.5. The first-order chi connectivity index (χ1) is 22.7. The van der Waals surface area contributed by atoms with Gasteiger partial charge in [0.05, 0.1) is 0 Å². The van der Waals surface area contributed by atoms with Crippen molar-refractivity contribution in [3.05, 3.63) is 169 Å². The van der Waals surface area contributed by atoms with Crippen molar-refractivity contribution in [3.8, 4) is 44.8 Å². The van der Waals surface area contributed by atoms with Crippen molar-refractivity contribution in [1.82, 2.24) is 9.97 Å². The number of hydrogen-bond donors (Lipinski definition) is 0. The first-order valence-corrected chi connectivity index (χ1v) is 16.2. The zero-order chi connectivity index (χ0) is 32.6. The van der Waals surface area contributed by atoms with Crippen molar-refractivity contribution < 1.29 is 20.1 Å². The summed E-state index contributed by atoms with van der Waals surface area (Å²) < 4.78 is 0. The van der Waals surface area contributed by atoms with Crippen LogP contribution >= 0.6 is 0 Å².